The van der Waals surface area contributed by atoms with Crippen LogP contribution < -0.4 is 15.0 Å². The van der Waals surface area contributed by atoms with E-state index in [9.17, 15) is 9.18 Å². The number of nitrogens with zero attached hydrogens (tertiary/aromatic N) is 6. The van der Waals surface area contributed by atoms with Crippen LogP contribution in [-0.4, -0.2) is 70.5 Å². The highest BCUT2D eigenvalue weighted by atomic mass is 19.1. The van der Waals surface area contributed by atoms with Gasteiger partial charge >= 0.3 is 0 Å². The van der Waals surface area contributed by atoms with E-state index in [1.807, 2.05) is 6.92 Å². The van der Waals surface area contributed by atoms with Gasteiger partial charge < -0.3 is 24.3 Å². The third kappa shape index (κ3) is 5.22. The molecule has 10 heteroatoms. The first-order valence-corrected chi connectivity index (χ1v) is 11.2. The Kier molecular flexibility index (Phi) is 6.73. The number of hydrogen-bond acceptors (Lipinski definition) is 7. The molecule has 0 aliphatic carbocycles. The Morgan fingerprint density at radius 1 is 1.33 bits per heavy atom. The smallest absolute Gasteiger partial charge is 0.262 e. The van der Waals surface area contributed by atoms with E-state index < -0.39 is 11.7 Å². The van der Waals surface area contributed by atoms with Crippen molar-refractivity contribution < 1.29 is 13.9 Å². The molecule has 0 bridgehead atoms. The fourth-order valence-electron chi connectivity index (χ4n) is 4.27. The molecular formula is C23H30FN7O2. The topological polar surface area (TPSA) is 87.9 Å². The molecule has 1 amide bonds. The second-order valence-electron chi connectivity index (χ2n) is 8.68. The van der Waals surface area contributed by atoms with Crippen LogP contribution in [0, 0.1) is 18.7 Å². The minimum absolute atomic E-state index is 0.199. The van der Waals surface area contributed by atoms with Crippen LogP contribution in [0.3, 0.4) is 0 Å². The summed E-state index contributed by atoms with van der Waals surface area (Å²) in [7, 11) is 4.15. The number of halogens is 1. The summed E-state index contributed by atoms with van der Waals surface area (Å²) in [5, 5.41) is 2.72. The number of hydrogen-bond donors (Lipinski definition) is 1. The lowest BCUT2D eigenvalue weighted by molar-refractivity contribution is 0.102. The summed E-state index contributed by atoms with van der Waals surface area (Å²) in [5.74, 6) is 0.321. The highest BCUT2D eigenvalue weighted by molar-refractivity contribution is 6.05. The third-order valence-electron chi connectivity index (χ3n) is 5.58. The Morgan fingerprint density at radius 3 is 2.91 bits per heavy atom. The molecule has 4 rings (SSSR count). The Bertz CT molecular complexity index is 1150. The van der Waals surface area contributed by atoms with Gasteiger partial charge in [-0.1, -0.05) is 0 Å². The van der Waals surface area contributed by atoms with Crippen LogP contribution in [0.5, 0.6) is 5.88 Å². The molecule has 3 aromatic heterocycles. The molecule has 0 unspecified atom stereocenters. The van der Waals surface area contributed by atoms with Crippen molar-refractivity contribution in [3.05, 3.63) is 41.7 Å². The van der Waals surface area contributed by atoms with Crippen LogP contribution in [-0.2, 0) is 0 Å². The molecular weight excluding hydrogens is 425 g/mol. The maximum absolute atomic E-state index is 14.4. The molecule has 0 radical (unpaired) electrons. The molecule has 33 heavy (non-hydrogen) atoms. The van der Waals surface area contributed by atoms with Crippen molar-refractivity contribution in [3.63, 3.8) is 0 Å². The molecule has 4 heterocycles. The first kappa shape index (κ1) is 22.9. The van der Waals surface area contributed by atoms with E-state index in [2.05, 4.69) is 44.2 Å². The largest absolute Gasteiger partial charge is 0.477 e. The summed E-state index contributed by atoms with van der Waals surface area (Å²) in [6.45, 7) is 6.70. The van der Waals surface area contributed by atoms with Crippen LogP contribution in [0.15, 0.2) is 24.7 Å². The van der Waals surface area contributed by atoms with Gasteiger partial charge in [-0.15, -0.1) is 0 Å². The number of imidazole rings is 1. The first-order valence-electron chi connectivity index (χ1n) is 11.2. The van der Waals surface area contributed by atoms with Gasteiger partial charge in [-0.2, -0.15) is 4.98 Å². The van der Waals surface area contributed by atoms with Crippen molar-refractivity contribution in [2.75, 3.05) is 50.6 Å². The summed E-state index contributed by atoms with van der Waals surface area (Å²) in [6, 6.07) is 1.24. The molecule has 9 nitrogen and oxygen atoms in total. The van der Waals surface area contributed by atoms with Crippen LogP contribution in [0.25, 0.3) is 5.65 Å². The minimum Gasteiger partial charge on any atom is -0.477 e. The molecule has 1 N–H and O–H groups in total. The number of piperidine rings is 1. The summed E-state index contributed by atoms with van der Waals surface area (Å²) in [6.07, 6.45) is 7.03. The minimum atomic E-state index is -0.519. The normalized spacial score (nSPS) is 16.4. The number of pyridine rings is 1. The zero-order valence-electron chi connectivity index (χ0n) is 19.5. The highest BCUT2D eigenvalue weighted by Crippen LogP contribution is 2.25. The zero-order chi connectivity index (χ0) is 23.5. The molecule has 1 aliphatic heterocycles. The van der Waals surface area contributed by atoms with E-state index in [1.54, 1.807) is 23.7 Å². The van der Waals surface area contributed by atoms with E-state index in [-0.39, 0.29) is 17.1 Å². The van der Waals surface area contributed by atoms with E-state index in [1.165, 1.54) is 18.7 Å². The predicted octanol–water partition coefficient (Wildman–Crippen LogP) is 3.00. The van der Waals surface area contributed by atoms with E-state index in [0.717, 1.165) is 26.1 Å². The van der Waals surface area contributed by atoms with Crippen molar-refractivity contribution in [1.29, 1.82) is 0 Å². The molecule has 1 fully saturated rings. The first-order chi connectivity index (χ1) is 15.8. The molecule has 0 spiro atoms. The van der Waals surface area contributed by atoms with Crippen molar-refractivity contribution in [2.45, 2.75) is 26.7 Å². The molecule has 1 saturated heterocycles. The van der Waals surface area contributed by atoms with Gasteiger partial charge in [-0.05, 0) is 46.7 Å². The molecule has 1 aliphatic rings. The lowest BCUT2D eigenvalue weighted by atomic mass is 9.98. The molecule has 0 saturated carbocycles. The van der Waals surface area contributed by atoms with Gasteiger partial charge in [0.25, 0.3) is 5.91 Å². The number of nitrogens with one attached hydrogen (secondary N) is 1. The average molecular weight is 456 g/mol. The van der Waals surface area contributed by atoms with Crippen LogP contribution >= 0.6 is 0 Å². The monoisotopic (exact) mass is 455 g/mol. The van der Waals surface area contributed by atoms with E-state index >= 15 is 0 Å². The number of carbonyl (C=O) groups is 1. The Labute approximate surface area is 192 Å². The fraction of sp³-hybridized carbons (Fsp3) is 0.478. The zero-order valence-corrected chi connectivity index (χ0v) is 19.5. The lowest BCUT2D eigenvalue weighted by Gasteiger charge is -2.34. The lowest BCUT2D eigenvalue weighted by Crippen LogP contribution is -2.40. The van der Waals surface area contributed by atoms with Gasteiger partial charge in [0.2, 0.25) is 11.8 Å². The summed E-state index contributed by atoms with van der Waals surface area (Å²) < 4.78 is 21.6. The van der Waals surface area contributed by atoms with Gasteiger partial charge in [-0.25, -0.2) is 14.4 Å². The molecule has 1 atom stereocenters. The standard InChI is InChI=1S/C23H30FN7O2/c1-5-33-22-18(10-25-23(28-22)30-8-6-7-16(13-30)12-29(3)4)21(32)27-17-9-19(24)20-26-15(2)11-31(20)14-17/h9-11,14,16H,5-8,12-13H2,1-4H3,(H,27,32)/t16-/m0/s1. The van der Waals surface area contributed by atoms with Crippen LogP contribution in [0.4, 0.5) is 16.0 Å². The second kappa shape index (κ2) is 9.70. The van der Waals surface area contributed by atoms with Gasteiger partial charge in [0.15, 0.2) is 11.5 Å². The number of fused-ring (bicyclic) bond motifs is 1. The Hall–Kier alpha value is -3.27. The second-order valence-corrected chi connectivity index (χ2v) is 8.68. The van der Waals surface area contributed by atoms with E-state index in [0.29, 0.717) is 29.9 Å². The van der Waals surface area contributed by atoms with Gasteiger partial charge in [0.05, 0.1) is 18.0 Å². The Balaban J connectivity index is 1.55. The number of aromatic nitrogens is 4. The van der Waals surface area contributed by atoms with Crippen LogP contribution in [0.1, 0.15) is 35.8 Å². The van der Waals surface area contributed by atoms with Gasteiger partial charge in [0, 0.05) is 44.3 Å². The van der Waals surface area contributed by atoms with E-state index in [4.69, 9.17) is 4.74 Å². The van der Waals surface area contributed by atoms with Gasteiger partial charge in [0.1, 0.15) is 5.56 Å². The number of amides is 1. The molecule has 0 aromatic carbocycles. The molecule has 3 aromatic rings. The number of anilines is 2. The quantitative estimate of drug-likeness (QED) is 0.586. The maximum atomic E-state index is 14.4. The van der Waals surface area contributed by atoms with Gasteiger partial charge in [-0.3, -0.25) is 4.79 Å². The fourth-order valence-corrected chi connectivity index (χ4v) is 4.27. The number of rotatable bonds is 7. The van der Waals surface area contributed by atoms with Crippen molar-refractivity contribution in [3.8, 4) is 5.88 Å². The SMILES string of the molecule is CCOc1nc(N2CCC[C@@H](CN(C)C)C2)ncc1C(=O)Nc1cc(F)c2nc(C)cn2c1. The number of aryl methyl sites for hydroxylation is 1. The summed E-state index contributed by atoms with van der Waals surface area (Å²) in [5.41, 5.74) is 1.40. The van der Waals surface area contributed by atoms with Crippen molar-refractivity contribution >= 4 is 23.2 Å². The maximum Gasteiger partial charge on any atom is 0.262 e. The van der Waals surface area contributed by atoms with Crippen molar-refractivity contribution in [1.82, 2.24) is 24.3 Å². The third-order valence-corrected chi connectivity index (χ3v) is 5.58. The predicted molar refractivity (Wildman–Crippen MR) is 125 cm³/mol. The number of ether oxygens (including phenoxy) is 1. The highest BCUT2D eigenvalue weighted by Gasteiger charge is 2.24. The molecule has 176 valence electrons. The average Bonchev–Trinajstić information content (AvgIpc) is 3.14. The number of carbonyl (C=O) groups excluding carboxylic acids is 1. The van der Waals surface area contributed by atoms with Crippen molar-refractivity contribution in [2.24, 2.45) is 5.92 Å². The summed E-state index contributed by atoms with van der Waals surface area (Å²) in [4.78, 5) is 30.5. The summed E-state index contributed by atoms with van der Waals surface area (Å²) >= 11 is 0. The van der Waals surface area contributed by atoms with Crippen LogP contribution in [0.2, 0.25) is 0 Å². The Morgan fingerprint density at radius 2 is 2.15 bits per heavy atom.